The van der Waals surface area contributed by atoms with Crippen LogP contribution < -0.4 is 5.32 Å². The number of aromatic nitrogens is 2. The second kappa shape index (κ2) is 6.74. The molecular weight excluding hydrogens is 324 g/mol. The minimum Gasteiger partial charge on any atom is -0.772 e. The van der Waals surface area contributed by atoms with E-state index >= 15 is 0 Å². The molecule has 24 heavy (non-hydrogen) atoms. The molecular formula is C17H13N4O2S-. The molecule has 0 amide bonds. The number of nitrogens with one attached hydrogen (secondary N) is 1. The van der Waals surface area contributed by atoms with E-state index in [2.05, 4.69) is 15.5 Å². The predicted molar refractivity (Wildman–Crippen MR) is 91.9 cm³/mol. The van der Waals surface area contributed by atoms with Crippen molar-refractivity contribution in [2.45, 2.75) is 5.75 Å². The second-order valence-electron chi connectivity index (χ2n) is 5.16. The molecule has 2 aromatic carbocycles. The Hall–Kier alpha value is -2.82. The summed E-state index contributed by atoms with van der Waals surface area (Å²) < 4.78 is 21.5. The third kappa shape index (κ3) is 3.11. The molecule has 1 aromatic heterocycles. The van der Waals surface area contributed by atoms with Crippen molar-refractivity contribution in [3.05, 3.63) is 53.7 Å². The SMILES string of the molecule is CNc1c(C#N)nnc2cc(-c3ccc(CS(=O)[O-])cc3)ccc12. The fraction of sp³-hybridized carbons (Fsp3) is 0.118. The molecule has 3 rings (SSSR count). The summed E-state index contributed by atoms with van der Waals surface area (Å²) in [5.41, 5.74) is 4.23. The smallest absolute Gasteiger partial charge is 0.186 e. The summed E-state index contributed by atoms with van der Waals surface area (Å²) in [4.78, 5) is 0. The zero-order valence-corrected chi connectivity index (χ0v) is 13.6. The number of nitriles is 1. The van der Waals surface area contributed by atoms with Crippen LogP contribution in [0.3, 0.4) is 0 Å². The number of hydrogen-bond donors (Lipinski definition) is 1. The quantitative estimate of drug-likeness (QED) is 0.734. The molecule has 0 saturated heterocycles. The van der Waals surface area contributed by atoms with Gasteiger partial charge in [-0.05, 0) is 28.8 Å². The van der Waals surface area contributed by atoms with E-state index in [1.54, 1.807) is 19.2 Å². The Morgan fingerprint density at radius 3 is 2.50 bits per heavy atom. The van der Waals surface area contributed by atoms with Gasteiger partial charge in [0, 0.05) is 18.2 Å². The maximum atomic E-state index is 10.7. The van der Waals surface area contributed by atoms with Crippen LogP contribution in [0.25, 0.3) is 22.0 Å². The van der Waals surface area contributed by atoms with Crippen LogP contribution in [0.2, 0.25) is 0 Å². The fourth-order valence-corrected chi connectivity index (χ4v) is 3.01. The zero-order valence-electron chi connectivity index (χ0n) is 12.8. The third-order valence-corrected chi connectivity index (χ3v) is 4.26. The van der Waals surface area contributed by atoms with Crippen LogP contribution in [0.4, 0.5) is 5.69 Å². The molecule has 120 valence electrons. The number of hydrogen-bond acceptors (Lipinski definition) is 6. The Morgan fingerprint density at radius 1 is 1.17 bits per heavy atom. The van der Waals surface area contributed by atoms with Crippen LogP contribution in [0.15, 0.2) is 42.5 Å². The molecule has 0 aliphatic carbocycles. The van der Waals surface area contributed by atoms with Crippen molar-refractivity contribution in [2.24, 2.45) is 0 Å². The van der Waals surface area contributed by atoms with Crippen molar-refractivity contribution >= 4 is 27.7 Å². The van der Waals surface area contributed by atoms with Crippen molar-refractivity contribution in [1.29, 1.82) is 5.26 Å². The summed E-state index contributed by atoms with van der Waals surface area (Å²) in [5, 5.41) is 21.0. The molecule has 1 heterocycles. The van der Waals surface area contributed by atoms with E-state index in [1.807, 2.05) is 36.4 Å². The van der Waals surface area contributed by atoms with Crippen molar-refractivity contribution in [1.82, 2.24) is 10.2 Å². The van der Waals surface area contributed by atoms with E-state index < -0.39 is 11.1 Å². The fourth-order valence-electron chi connectivity index (χ4n) is 2.55. The molecule has 0 fully saturated rings. The van der Waals surface area contributed by atoms with Gasteiger partial charge in [0.05, 0.1) is 11.2 Å². The van der Waals surface area contributed by atoms with Crippen LogP contribution in [-0.4, -0.2) is 26.0 Å². The highest BCUT2D eigenvalue weighted by Crippen LogP contribution is 2.28. The lowest BCUT2D eigenvalue weighted by atomic mass is 10.0. The van der Waals surface area contributed by atoms with Crippen LogP contribution in [0.1, 0.15) is 11.3 Å². The number of benzene rings is 2. The van der Waals surface area contributed by atoms with Gasteiger partial charge in [-0.2, -0.15) is 5.26 Å². The Balaban J connectivity index is 2.02. The van der Waals surface area contributed by atoms with E-state index in [-0.39, 0.29) is 11.4 Å². The first-order valence-corrected chi connectivity index (χ1v) is 8.40. The molecule has 1 N–H and O–H groups in total. The summed E-state index contributed by atoms with van der Waals surface area (Å²) in [6.45, 7) is 0. The van der Waals surface area contributed by atoms with E-state index in [0.29, 0.717) is 11.2 Å². The number of fused-ring (bicyclic) bond motifs is 1. The van der Waals surface area contributed by atoms with Crippen LogP contribution in [0, 0.1) is 11.3 Å². The van der Waals surface area contributed by atoms with Crippen molar-refractivity contribution in [3.8, 4) is 17.2 Å². The minimum atomic E-state index is -2.09. The summed E-state index contributed by atoms with van der Waals surface area (Å²) in [6, 6.07) is 15.1. The van der Waals surface area contributed by atoms with Gasteiger partial charge in [-0.25, -0.2) is 0 Å². The summed E-state index contributed by atoms with van der Waals surface area (Å²) in [7, 11) is 1.74. The van der Waals surface area contributed by atoms with Gasteiger partial charge < -0.3 is 9.87 Å². The third-order valence-electron chi connectivity index (χ3n) is 3.69. The highest BCUT2D eigenvalue weighted by molar-refractivity contribution is 7.78. The van der Waals surface area contributed by atoms with Gasteiger partial charge in [0.25, 0.3) is 0 Å². The lowest BCUT2D eigenvalue weighted by Gasteiger charge is -2.09. The number of anilines is 1. The molecule has 3 aromatic rings. The first-order chi connectivity index (χ1) is 11.6. The Kier molecular flexibility index (Phi) is 4.51. The summed E-state index contributed by atoms with van der Waals surface area (Å²) >= 11 is -2.09. The number of rotatable bonds is 4. The topological polar surface area (TPSA) is 102 Å². The van der Waals surface area contributed by atoms with Crippen molar-refractivity contribution < 1.29 is 8.76 Å². The van der Waals surface area contributed by atoms with Gasteiger partial charge in [0.1, 0.15) is 6.07 Å². The van der Waals surface area contributed by atoms with E-state index in [0.717, 1.165) is 22.1 Å². The van der Waals surface area contributed by atoms with Crippen LogP contribution in [-0.2, 0) is 16.8 Å². The van der Waals surface area contributed by atoms with Gasteiger partial charge >= 0.3 is 0 Å². The van der Waals surface area contributed by atoms with Crippen molar-refractivity contribution in [2.75, 3.05) is 12.4 Å². The monoisotopic (exact) mass is 337 g/mol. The van der Waals surface area contributed by atoms with E-state index in [4.69, 9.17) is 5.26 Å². The van der Waals surface area contributed by atoms with Gasteiger partial charge in [-0.15, -0.1) is 10.2 Å². The first kappa shape index (κ1) is 16.1. The lowest BCUT2D eigenvalue weighted by Crippen LogP contribution is -1.99. The predicted octanol–water partition coefficient (Wildman–Crippen LogP) is 2.59. The largest absolute Gasteiger partial charge is 0.772 e. The molecule has 6 nitrogen and oxygen atoms in total. The van der Waals surface area contributed by atoms with Crippen molar-refractivity contribution in [3.63, 3.8) is 0 Å². The molecule has 0 spiro atoms. The summed E-state index contributed by atoms with van der Waals surface area (Å²) in [5.74, 6) is 0.00589. The Labute approximate surface area is 141 Å². The average Bonchev–Trinajstić information content (AvgIpc) is 2.60. The van der Waals surface area contributed by atoms with Gasteiger partial charge in [0.2, 0.25) is 0 Å². The Morgan fingerprint density at radius 2 is 1.88 bits per heavy atom. The molecule has 0 bridgehead atoms. The molecule has 0 aliphatic heterocycles. The average molecular weight is 337 g/mol. The van der Waals surface area contributed by atoms with Gasteiger partial charge in [-0.3, -0.25) is 4.21 Å². The minimum absolute atomic E-state index is 0.00589. The second-order valence-corrected chi connectivity index (χ2v) is 6.06. The molecule has 1 unspecified atom stereocenters. The standard InChI is InChI=1S/C17H14N4O2S/c1-19-17-14-7-6-13(8-15(14)20-21-16(17)9-18)12-4-2-11(3-5-12)10-24(22)23/h2-8H,10H2,1H3,(H,19,20)(H,22,23)/p-1. The maximum absolute atomic E-state index is 10.7. The van der Waals surface area contributed by atoms with Gasteiger partial charge in [0.15, 0.2) is 5.69 Å². The van der Waals surface area contributed by atoms with Gasteiger partial charge in [-0.1, -0.05) is 41.4 Å². The van der Waals surface area contributed by atoms with E-state index in [1.165, 1.54) is 0 Å². The van der Waals surface area contributed by atoms with E-state index in [9.17, 15) is 8.76 Å². The molecule has 1 atom stereocenters. The maximum Gasteiger partial charge on any atom is 0.186 e. The zero-order chi connectivity index (χ0) is 17.1. The molecule has 0 saturated carbocycles. The molecule has 0 radical (unpaired) electrons. The molecule has 7 heteroatoms. The van der Waals surface area contributed by atoms with Crippen LogP contribution in [0.5, 0.6) is 0 Å². The summed E-state index contributed by atoms with van der Waals surface area (Å²) in [6.07, 6.45) is 0. The Bertz CT molecular complexity index is 965. The lowest BCUT2D eigenvalue weighted by molar-refractivity contribution is 0.536. The first-order valence-electron chi connectivity index (χ1n) is 7.16. The highest BCUT2D eigenvalue weighted by atomic mass is 32.2. The van der Waals surface area contributed by atoms with Crippen LogP contribution >= 0.6 is 0 Å². The number of nitrogens with zero attached hydrogens (tertiary/aromatic N) is 3. The normalized spacial score (nSPS) is 11.9. The molecule has 0 aliphatic rings. The highest BCUT2D eigenvalue weighted by Gasteiger charge is 2.10.